The van der Waals surface area contributed by atoms with Crippen molar-refractivity contribution in [2.45, 2.75) is 12.3 Å². The Morgan fingerprint density at radius 1 is 0.886 bits per heavy atom. The summed E-state index contributed by atoms with van der Waals surface area (Å²) in [5, 5.41) is 8.70. The highest BCUT2D eigenvalue weighted by Gasteiger charge is 2.34. The molecule has 0 fully saturated rings. The zero-order valence-corrected chi connectivity index (χ0v) is 17.9. The van der Waals surface area contributed by atoms with Crippen LogP contribution in [0.4, 0.5) is 22.0 Å². The molecule has 0 spiro atoms. The van der Waals surface area contributed by atoms with Crippen LogP contribution in [0.25, 0.3) is 11.3 Å². The van der Waals surface area contributed by atoms with Crippen LogP contribution < -0.4 is 5.32 Å². The van der Waals surface area contributed by atoms with Crippen LogP contribution in [0.3, 0.4) is 0 Å². The van der Waals surface area contributed by atoms with Crippen LogP contribution in [0.5, 0.6) is 0 Å². The number of carbonyl (C=O) groups is 1. The molecule has 1 unspecified atom stereocenters. The quantitative estimate of drug-likeness (QED) is 0.497. The number of fused-ring (bicyclic) bond motifs is 1. The van der Waals surface area contributed by atoms with Crippen LogP contribution in [0.1, 0.15) is 22.3 Å². The van der Waals surface area contributed by atoms with Crippen LogP contribution in [-0.2, 0) is 11.0 Å². The van der Waals surface area contributed by atoms with Gasteiger partial charge in [-0.25, -0.2) is 13.8 Å². The number of rotatable bonds is 3. The number of nitrogens with one attached hydrogen (secondary N) is 1. The van der Waals surface area contributed by atoms with Gasteiger partial charge in [0.25, 0.3) is 5.91 Å². The monoisotopic (exact) mass is 481 g/mol. The van der Waals surface area contributed by atoms with Gasteiger partial charge in [-0.15, -0.1) is 0 Å². The van der Waals surface area contributed by atoms with Gasteiger partial charge in [-0.05, 0) is 35.9 Å². The molecule has 2 aliphatic rings. The summed E-state index contributed by atoms with van der Waals surface area (Å²) < 4.78 is 67.1. The second-order valence-corrected chi connectivity index (χ2v) is 7.92. The Morgan fingerprint density at radius 3 is 2.26 bits per heavy atom. The highest BCUT2D eigenvalue weighted by molar-refractivity contribution is 6.32. The average molecular weight is 481 g/mol. The number of hydrogen-bond acceptors (Lipinski definition) is 3. The van der Waals surface area contributed by atoms with Crippen LogP contribution in [0.2, 0.25) is 0 Å². The number of halogens is 5. The molecule has 0 radical (unpaired) electrons. The van der Waals surface area contributed by atoms with E-state index < -0.39 is 35.4 Å². The van der Waals surface area contributed by atoms with Crippen molar-refractivity contribution < 1.29 is 26.7 Å². The Balaban J connectivity index is 1.57. The minimum atomic E-state index is -4.48. The van der Waals surface area contributed by atoms with Crippen molar-refractivity contribution in [3.05, 3.63) is 119 Å². The summed E-state index contributed by atoms with van der Waals surface area (Å²) in [6.45, 7) is 0. The van der Waals surface area contributed by atoms with Crippen molar-refractivity contribution in [2.24, 2.45) is 5.10 Å². The van der Waals surface area contributed by atoms with Crippen LogP contribution >= 0.6 is 0 Å². The molecule has 176 valence electrons. The van der Waals surface area contributed by atoms with E-state index in [1.54, 1.807) is 36.4 Å². The van der Waals surface area contributed by atoms with Crippen molar-refractivity contribution in [1.82, 2.24) is 10.3 Å². The molecule has 1 N–H and O–H groups in total. The number of carbonyl (C=O) groups excluding carboxylic acids is 1. The number of hydrogen-bond donors (Lipinski definition) is 1. The summed E-state index contributed by atoms with van der Waals surface area (Å²) in [7, 11) is 0. The van der Waals surface area contributed by atoms with Gasteiger partial charge in [0, 0.05) is 34.5 Å². The average Bonchev–Trinajstić information content (AvgIpc) is 2.83. The van der Waals surface area contributed by atoms with Gasteiger partial charge >= 0.3 is 6.18 Å². The van der Waals surface area contributed by atoms with E-state index in [0.29, 0.717) is 28.1 Å². The number of nitrogens with zero attached hydrogens (tertiary/aromatic N) is 2. The molecule has 1 amide bonds. The lowest BCUT2D eigenvalue weighted by Crippen LogP contribution is -2.49. The van der Waals surface area contributed by atoms with Crippen molar-refractivity contribution >= 4 is 22.9 Å². The van der Waals surface area contributed by atoms with E-state index >= 15 is 0 Å². The molecule has 1 atom stereocenters. The summed E-state index contributed by atoms with van der Waals surface area (Å²) in [5.74, 6) is -2.04. The molecule has 0 aromatic heterocycles. The third kappa shape index (κ3) is 4.32. The maximum Gasteiger partial charge on any atom is 0.416 e. The predicted molar refractivity (Wildman–Crippen MR) is 121 cm³/mol. The summed E-state index contributed by atoms with van der Waals surface area (Å²) in [4.78, 5) is 12.9. The van der Waals surface area contributed by atoms with E-state index in [1.165, 1.54) is 29.3 Å². The fourth-order valence-electron chi connectivity index (χ4n) is 3.95. The van der Waals surface area contributed by atoms with Crippen molar-refractivity contribution in [1.29, 1.82) is 0 Å². The summed E-state index contributed by atoms with van der Waals surface area (Å²) >= 11 is 0. The Kier molecular flexibility index (Phi) is 5.47. The Morgan fingerprint density at radius 2 is 1.60 bits per heavy atom. The fraction of sp³-hybridized carbons (Fsp3) is 0.0769. The molecule has 3 aromatic carbocycles. The standard InChI is InChI=1S/C26H16F5N3O/c27-18-10-11-19(21(28)12-18)20-13-23-32-22(15-6-8-17(9-7-15)26(29,30)31)14-24(35)34(23)33-25(20)16-4-2-1-3-5-16/h1-14,23,32H. The Labute approximate surface area is 196 Å². The minimum Gasteiger partial charge on any atom is -0.360 e. The molecular weight excluding hydrogens is 465 g/mol. The number of allylic oxidation sites excluding steroid dienone is 1. The molecule has 4 nitrogen and oxygen atoms in total. The molecule has 2 heterocycles. The first-order chi connectivity index (χ1) is 16.7. The third-order valence-corrected chi connectivity index (χ3v) is 5.64. The molecule has 3 aromatic rings. The largest absolute Gasteiger partial charge is 0.416 e. The molecule has 35 heavy (non-hydrogen) atoms. The van der Waals surface area contributed by atoms with Crippen LogP contribution in [0, 0.1) is 11.6 Å². The highest BCUT2D eigenvalue weighted by Crippen LogP contribution is 2.33. The topological polar surface area (TPSA) is 44.7 Å². The summed E-state index contributed by atoms with van der Waals surface area (Å²) in [6.07, 6.45) is -2.51. The molecule has 0 saturated heterocycles. The predicted octanol–water partition coefficient (Wildman–Crippen LogP) is 5.58. The van der Waals surface area contributed by atoms with Crippen LogP contribution in [0.15, 0.2) is 90.0 Å². The van der Waals surface area contributed by atoms with Gasteiger partial charge in [-0.3, -0.25) is 4.79 Å². The summed E-state index contributed by atoms with van der Waals surface area (Å²) in [6, 6.07) is 16.4. The second-order valence-electron chi connectivity index (χ2n) is 7.92. The normalized spacial score (nSPS) is 17.7. The van der Waals surface area contributed by atoms with E-state index in [1.807, 2.05) is 0 Å². The lowest BCUT2D eigenvalue weighted by atomic mass is 9.93. The van der Waals surface area contributed by atoms with Gasteiger partial charge in [0.15, 0.2) is 0 Å². The van der Waals surface area contributed by atoms with Gasteiger partial charge in [0.05, 0.1) is 11.3 Å². The zero-order valence-electron chi connectivity index (χ0n) is 17.9. The maximum absolute atomic E-state index is 14.8. The SMILES string of the molecule is O=C1C=C(c2ccc(C(F)(F)F)cc2)NC2C=C(c3ccc(F)cc3F)C(c3ccccc3)=NN12. The van der Waals surface area contributed by atoms with Gasteiger partial charge in [-0.2, -0.15) is 18.3 Å². The maximum atomic E-state index is 14.8. The van der Waals surface area contributed by atoms with E-state index in [0.717, 1.165) is 24.3 Å². The van der Waals surface area contributed by atoms with Gasteiger partial charge < -0.3 is 5.32 Å². The molecule has 0 bridgehead atoms. The molecular formula is C26H16F5N3O. The molecule has 2 aliphatic heterocycles. The number of hydrazone groups is 1. The van der Waals surface area contributed by atoms with Crippen molar-refractivity contribution in [3.63, 3.8) is 0 Å². The molecule has 0 aliphatic carbocycles. The van der Waals surface area contributed by atoms with E-state index in [9.17, 15) is 26.7 Å². The van der Waals surface area contributed by atoms with Gasteiger partial charge in [0.1, 0.15) is 17.8 Å². The highest BCUT2D eigenvalue weighted by atomic mass is 19.4. The Hall–Kier alpha value is -4.27. The van der Waals surface area contributed by atoms with E-state index in [-0.39, 0.29) is 5.56 Å². The fourth-order valence-corrected chi connectivity index (χ4v) is 3.95. The molecule has 0 saturated carbocycles. The lowest BCUT2D eigenvalue weighted by Gasteiger charge is -2.35. The number of benzene rings is 3. The van der Waals surface area contributed by atoms with E-state index in [4.69, 9.17) is 0 Å². The van der Waals surface area contributed by atoms with E-state index in [2.05, 4.69) is 10.4 Å². The third-order valence-electron chi connectivity index (χ3n) is 5.64. The van der Waals surface area contributed by atoms with Gasteiger partial charge in [0.2, 0.25) is 0 Å². The smallest absolute Gasteiger partial charge is 0.360 e. The number of alkyl halides is 3. The van der Waals surface area contributed by atoms with Gasteiger partial charge in [-0.1, -0.05) is 42.5 Å². The first-order valence-corrected chi connectivity index (χ1v) is 10.5. The molecule has 9 heteroatoms. The first kappa shape index (κ1) is 22.5. The zero-order chi connectivity index (χ0) is 24.7. The molecule has 5 rings (SSSR count). The van der Waals surface area contributed by atoms with Crippen molar-refractivity contribution in [2.75, 3.05) is 0 Å². The Bertz CT molecular complexity index is 1390. The van der Waals surface area contributed by atoms with Crippen LogP contribution in [-0.4, -0.2) is 22.8 Å². The lowest BCUT2D eigenvalue weighted by molar-refractivity contribution is -0.137. The number of amides is 1. The van der Waals surface area contributed by atoms with Crippen molar-refractivity contribution in [3.8, 4) is 0 Å². The summed E-state index contributed by atoms with van der Waals surface area (Å²) in [5.41, 5.74) is 1.21. The second kappa shape index (κ2) is 8.50. The minimum absolute atomic E-state index is 0.0912. The first-order valence-electron chi connectivity index (χ1n) is 10.5.